The molecule has 0 aliphatic carbocycles. The summed E-state index contributed by atoms with van der Waals surface area (Å²) in [6.07, 6.45) is 0. The number of hydrogen-bond donors (Lipinski definition) is 4. The van der Waals surface area contributed by atoms with Crippen LogP contribution in [0.3, 0.4) is 0 Å². The summed E-state index contributed by atoms with van der Waals surface area (Å²) in [5.41, 5.74) is 5.80. The van der Waals surface area contributed by atoms with Crippen LogP contribution < -0.4 is 16.0 Å². The molecule has 9 nitrogen and oxygen atoms in total. The molecule has 30 heavy (non-hydrogen) atoms. The Balaban J connectivity index is 1.64. The molecule has 0 fully saturated rings. The number of nitrogen functional groups attached to an aromatic ring is 1. The van der Waals surface area contributed by atoms with Crippen molar-refractivity contribution in [3.8, 4) is 11.4 Å². The first kappa shape index (κ1) is 19.8. The van der Waals surface area contributed by atoms with Gasteiger partial charge in [-0.15, -0.1) is 0 Å². The number of nitrogens with two attached hydrogens (primary N) is 1. The van der Waals surface area contributed by atoms with Gasteiger partial charge in [-0.05, 0) is 30.3 Å². The van der Waals surface area contributed by atoms with Crippen molar-refractivity contribution in [1.82, 2.24) is 20.2 Å². The van der Waals surface area contributed by atoms with Gasteiger partial charge < -0.3 is 10.7 Å². The number of aromatic nitrogens is 4. The molecule has 0 aliphatic heterocycles. The number of sulfonamides is 1. The zero-order valence-corrected chi connectivity index (χ0v) is 16.3. The summed E-state index contributed by atoms with van der Waals surface area (Å²) >= 11 is 5.55. The number of hydrogen-bond acceptors (Lipinski definition) is 6. The van der Waals surface area contributed by atoms with E-state index in [0.29, 0.717) is 17.7 Å². The largest absolute Gasteiger partial charge is 0.383 e. The van der Waals surface area contributed by atoms with Gasteiger partial charge in [0.1, 0.15) is 33.6 Å². The number of halogens is 3. The predicted molar refractivity (Wildman–Crippen MR) is 107 cm³/mol. The highest BCUT2D eigenvalue weighted by Crippen LogP contribution is 2.26. The Labute approximate surface area is 172 Å². The van der Waals surface area contributed by atoms with Crippen molar-refractivity contribution < 1.29 is 17.2 Å². The molecule has 0 unspecified atom stereocenters. The van der Waals surface area contributed by atoms with Gasteiger partial charge in [0.05, 0.1) is 5.02 Å². The number of anilines is 2. The lowest BCUT2D eigenvalue weighted by Gasteiger charge is -2.10. The molecule has 0 aliphatic rings. The van der Waals surface area contributed by atoms with Crippen LogP contribution in [0.15, 0.2) is 46.1 Å². The van der Waals surface area contributed by atoms with E-state index in [-0.39, 0.29) is 28.4 Å². The van der Waals surface area contributed by atoms with E-state index in [4.69, 9.17) is 17.3 Å². The van der Waals surface area contributed by atoms with E-state index in [0.717, 1.165) is 0 Å². The fraction of sp³-hybridized carbons (Fsp3) is 0. The van der Waals surface area contributed by atoms with Crippen LogP contribution in [0.4, 0.5) is 20.3 Å². The SMILES string of the molecule is Nc1[nH]nc2nc(-c3ccc(NS(=O)(=O)c4cc(Cl)c(F)cc4F)cc3)[nH]c(=O)c12. The van der Waals surface area contributed by atoms with Crippen molar-refractivity contribution in [3.05, 3.63) is 63.4 Å². The van der Waals surface area contributed by atoms with E-state index >= 15 is 0 Å². The summed E-state index contributed by atoms with van der Waals surface area (Å²) < 4.78 is 54.2. The number of nitrogens with zero attached hydrogens (tertiary/aromatic N) is 2. The maximum absolute atomic E-state index is 13.9. The quantitative estimate of drug-likeness (QED) is 0.350. The average molecular weight is 453 g/mol. The summed E-state index contributed by atoms with van der Waals surface area (Å²) in [6, 6.07) is 6.78. The maximum Gasteiger partial charge on any atom is 0.264 e. The number of nitrogens with one attached hydrogen (secondary N) is 3. The van der Waals surface area contributed by atoms with Gasteiger partial charge >= 0.3 is 0 Å². The van der Waals surface area contributed by atoms with E-state index in [2.05, 4.69) is 24.9 Å². The molecular formula is C17H11ClF2N6O3S. The van der Waals surface area contributed by atoms with Crippen LogP contribution in [0.25, 0.3) is 22.4 Å². The Hall–Kier alpha value is -3.51. The van der Waals surface area contributed by atoms with Gasteiger partial charge in [0.2, 0.25) is 0 Å². The zero-order valence-electron chi connectivity index (χ0n) is 14.7. The smallest absolute Gasteiger partial charge is 0.264 e. The van der Waals surface area contributed by atoms with E-state index < -0.39 is 37.1 Å². The van der Waals surface area contributed by atoms with Crippen LogP contribution in [-0.2, 0) is 10.0 Å². The Morgan fingerprint density at radius 2 is 1.80 bits per heavy atom. The summed E-state index contributed by atoms with van der Waals surface area (Å²) in [7, 11) is -4.37. The Morgan fingerprint density at radius 1 is 1.10 bits per heavy atom. The lowest BCUT2D eigenvalue weighted by atomic mass is 10.2. The summed E-state index contributed by atoms with van der Waals surface area (Å²) in [5.74, 6) is -2.09. The van der Waals surface area contributed by atoms with Crippen LogP contribution in [0, 0.1) is 11.6 Å². The molecule has 0 spiro atoms. The van der Waals surface area contributed by atoms with Crippen LogP contribution in [0.5, 0.6) is 0 Å². The van der Waals surface area contributed by atoms with Crippen molar-refractivity contribution in [2.75, 3.05) is 10.5 Å². The molecule has 4 aromatic rings. The van der Waals surface area contributed by atoms with E-state index in [9.17, 15) is 22.0 Å². The van der Waals surface area contributed by atoms with E-state index in [1.165, 1.54) is 24.3 Å². The molecule has 154 valence electrons. The van der Waals surface area contributed by atoms with E-state index in [1.807, 2.05) is 0 Å². The van der Waals surface area contributed by atoms with Gasteiger partial charge in [-0.25, -0.2) is 22.2 Å². The third-order valence-electron chi connectivity index (χ3n) is 4.13. The van der Waals surface area contributed by atoms with Crippen molar-refractivity contribution in [3.63, 3.8) is 0 Å². The summed E-state index contributed by atoms with van der Waals surface area (Å²) in [4.78, 5) is 18.1. The molecule has 2 aromatic carbocycles. The lowest BCUT2D eigenvalue weighted by molar-refractivity contribution is 0.551. The highest BCUT2D eigenvalue weighted by Gasteiger charge is 2.22. The second kappa shape index (κ2) is 7.07. The van der Waals surface area contributed by atoms with Crippen LogP contribution >= 0.6 is 11.6 Å². The number of H-pyrrole nitrogens is 2. The van der Waals surface area contributed by atoms with Gasteiger partial charge in [0.25, 0.3) is 15.6 Å². The fourth-order valence-corrected chi connectivity index (χ4v) is 4.08. The Morgan fingerprint density at radius 3 is 2.50 bits per heavy atom. The Bertz CT molecular complexity index is 1450. The second-order valence-corrected chi connectivity index (χ2v) is 8.19. The molecule has 0 atom stereocenters. The minimum atomic E-state index is -4.37. The van der Waals surface area contributed by atoms with Gasteiger partial charge in [-0.2, -0.15) is 5.10 Å². The third-order valence-corrected chi connectivity index (χ3v) is 5.81. The van der Waals surface area contributed by atoms with Crippen LogP contribution in [0.2, 0.25) is 5.02 Å². The standard InChI is InChI=1S/C17H11ClF2N6O3S/c18-9-5-12(11(20)6-10(9)19)30(28,29)26-8-3-1-7(2-4-8)15-22-16-13(17(27)23-15)14(21)24-25-16/h1-6,26H,(H4,21,22,23,24,25,27). The first-order valence-corrected chi connectivity index (χ1v) is 10.0. The highest BCUT2D eigenvalue weighted by molar-refractivity contribution is 7.92. The number of benzene rings is 2. The monoisotopic (exact) mass is 452 g/mol. The number of aromatic amines is 2. The zero-order chi connectivity index (χ0) is 21.6. The lowest BCUT2D eigenvalue weighted by Crippen LogP contribution is -2.15. The first-order chi connectivity index (χ1) is 14.2. The minimum Gasteiger partial charge on any atom is -0.383 e. The minimum absolute atomic E-state index is 0.0863. The topological polar surface area (TPSA) is 147 Å². The molecule has 13 heteroatoms. The van der Waals surface area contributed by atoms with Crippen LogP contribution in [-0.4, -0.2) is 28.6 Å². The average Bonchev–Trinajstić information content (AvgIpc) is 3.06. The fourth-order valence-electron chi connectivity index (χ4n) is 2.71. The van der Waals surface area contributed by atoms with Crippen molar-refractivity contribution >= 4 is 44.2 Å². The predicted octanol–water partition coefficient (Wildman–Crippen LogP) is 2.63. The molecule has 0 saturated heterocycles. The number of rotatable bonds is 4. The molecule has 2 aromatic heterocycles. The highest BCUT2D eigenvalue weighted by atomic mass is 35.5. The number of fused-ring (bicyclic) bond motifs is 1. The second-order valence-electron chi connectivity index (χ2n) is 6.13. The van der Waals surface area contributed by atoms with Crippen molar-refractivity contribution in [1.29, 1.82) is 0 Å². The summed E-state index contributed by atoms with van der Waals surface area (Å²) in [5, 5.41) is 5.90. The van der Waals surface area contributed by atoms with Gasteiger partial charge in [0, 0.05) is 17.3 Å². The normalized spacial score (nSPS) is 11.7. The maximum atomic E-state index is 13.9. The third kappa shape index (κ3) is 3.46. The van der Waals surface area contributed by atoms with E-state index in [1.54, 1.807) is 0 Å². The van der Waals surface area contributed by atoms with Crippen LogP contribution in [0.1, 0.15) is 0 Å². The Kier molecular flexibility index (Phi) is 4.67. The molecule has 2 heterocycles. The van der Waals surface area contributed by atoms with Gasteiger partial charge in [-0.3, -0.25) is 14.6 Å². The molecule has 0 radical (unpaired) electrons. The van der Waals surface area contributed by atoms with Gasteiger partial charge in [-0.1, -0.05) is 11.6 Å². The molecule has 4 rings (SSSR count). The molecular weight excluding hydrogens is 442 g/mol. The summed E-state index contributed by atoms with van der Waals surface area (Å²) in [6.45, 7) is 0. The van der Waals surface area contributed by atoms with Gasteiger partial charge in [0.15, 0.2) is 5.65 Å². The van der Waals surface area contributed by atoms with Crippen molar-refractivity contribution in [2.45, 2.75) is 4.90 Å². The van der Waals surface area contributed by atoms with Crippen molar-refractivity contribution in [2.24, 2.45) is 0 Å². The molecule has 0 saturated carbocycles. The molecule has 5 N–H and O–H groups in total. The molecule has 0 bridgehead atoms. The first-order valence-electron chi connectivity index (χ1n) is 8.17. The molecule has 0 amide bonds.